The second kappa shape index (κ2) is 7.68. The summed E-state index contributed by atoms with van der Waals surface area (Å²) < 4.78 is 5.46. The molecule has 1 aromatic heterocycles. The number of nitrogens with zero attached hydrogens (tertiary/aromatic N) is 2. The van der Waals surface area contributed by atoms with Gasteiger partial charge in [0.15, 0.2) is 0 Å². The quantitative estimate of drug-likeness (QED) is 0.712. The number of morpholine rings is 1. The molecule has 0 spiro atoms. The predicted molar refractivity (Wildman–Crippen MR) is 90.9 cm³/mol. The van der Waals surface area contributed by atoms with Gasteiger partial charge in [-0.2, -0.15) is 0 Å². The highest BCUT2D eigenvalue weighted by Crippen LogP contribution is 2.23. The monoisotopic (exact) mass is 319 g/mol. The molecule has 0 saturated carbocycles. The first kappa shape index (κ1) is 16.8. The van der Waals surface area contributed by atoms with E-state index in [0.29, 0.717) is 12.0 Å². The van der Waals surface area contributed by atoms with Crippen molar-refractivity contribution in [2.75, 3.05) is 45.9 Å². The molecule has 6 nitrogen and oxygen atoms in total. The molecule has 3 rings (SSSR count). The number of aromatic nitrogens is 1. The van der Waals surface area contributed by atoms with Gasteiger partial charge in [-0.1, -0.05) is 6.07 Å². The van der Waals surface area contributed by atoms with Crippen LogP contribution in [0.1, 0.15) is 25.5 Å². The number of ether oxygens (including phenoxy) is 1. The van der Waals surface area contributed by atoms with Gasteiger partial charge in [-0.3, -0.25) is 15.3 Å². The summed E-state index contributed by atoms with van der Waals surface area (Å²) in [6.45, 7) is 11.3. The predicted octanol–water partition coefficient (Wildman–Crippen LogP) is 0.547. The summed E-state index contributed by atoms with van der Waals surface area (Å²) in [5.41, 5.74) is 8.07. The Bertz CT molecular complexity index is 475. The molecule has 2 unspecified atom stereocenters. The van der Waals surface area contributed by atoms with Crippen molar-refractivity contribution >= 4 is 0 Å². The smallest absolute Gasteiger partial charge is 0.0594 e. The second-order valence-corrected chi connectivity index (χ2v) is 7.09. The Labute approximate surface area is 139 Å². The lowest BCUT2D eigenvalue weighted by molar-refractivity contribution is -0.00977. The molecular weight excluding hydrogens is 290 g/mol. The van der Waals surface area contributed by atoms with Crippen molar-refractivity contribution in [2.24, 2.45) is 5.92 Å². The number of hydrazine groups is 1. The molecule has 2 fully saturated rings. The maximum Gasteiger partial charge on any atom is 0.0594 e. The standard InChI is InChI=1S/C17H29N5O/c1-17(2,22-6-8-23-9-7-22)13-19-11-15-12-20-21-16(15)14-4-3-5-18-10-14/h3-5,10,15-16,19-21H,6-9,11-13H2,1-2H3. The van der Waals surface area contributed by atoms with Crippen molar-refractivity contribution in [3.05, 3.63) is 30.1 Å². The molecule has 2 saturated heterocycles. The Kier molecular flexibility index (Phi) is 5.61. The van der Waals surface area contributed by atoms with Gasteiger partial charge in [-0.05, 0) is 25.5 Å². The molecule has 128 valence electrons. The molecule has 3 N–H and O–H groups in total. The normalized spacial score (nSPS) is 26.5. The van der Waals surface area contributed by atoms with Gasteiger partial charge >= 0.3 is 0 Å². The molecular formula is C17H29N5O. The van der Waals surface area contributed by atoms with Crippen LogP contribution in [0.4, 0.5) is 0 Å². The van der Waals surface area contributed by atoms with Crippen LogP contribution in [-0.4, -0.2) is 61.4 Å². The van der Waals surface area contributed by atoms with Gasteiger partial charge in [0.2, 0.25) is 0 Å². The SMILES string of the molecule is CC(C)(CNCC1CNNC1c1cccnc1)N1CCOCC1. The van der Waals surface area contributed by atoms with Crippen molar-refractivity contribution in [1.29, 1.82) is 0 Å². The van der Waals surface area contributed by atoms with Crippen LogP contribution in [0.2, 0.25) is 0 Å². The third kappa shape index (κ3) is 4.28. The van der Waals surface area contributed by atoms with Crippen LogP contribution in [0.15, 0.2) is 24.5 Å². The van der Waals surface area contributed by atoms with Crippen molar-refractivity contribution in [3.8, 4) is 0 Å². The van der Waals surface area contributed by atoms with E-state index in [9.17, 15) is 0 Å². The zero-order valence-corrected chi connectivity index (χ0v) is 14.2. The van der Waals surface area contributed by atoms with Gasteiger partial charge in [0.05, 0.1) is 19.3 Å². The molecule has 1 aromatic rings. The van der Waals surface area contributed by atoms with E-state index in [1.54, 1.807) is 0 Å². The Balaban J connectivity index is 1.49. The fourth-order valence-corrected chi connectivity index (χ4v) is 3.49. The number of hydrogen-bond acceptors (Lipinski definition) is 6. The van der Waals surface area contributed by atoms with Gasteiger partial charge < -0.3 is 10.1 Å². The minimum atomic E-state index is 0.160. The fourth-order valence-electron chi connectivity index (χ4n) is 3.49. The molecule has 0 bridgehead atoms. The Morgan fingerprint density at radius 3 is 2.96 bits per heavy atom. The van der Waals surface area contributed by atoms with Gasteiger partial charge in [0.25, 0.3) is 0 Å². The van der Waals surface area contributed by atoms with E-state index in [2.05, 4.69) is 46.0 Å². The number of hydrogen-bond donors (Lipinski definition) is 3. The van der Waals surface area contributed by atoms with Crippen LogP contribution in [0.5, 0.6) is 0 Å². The second-order valence-electron chi connectivity index (χ2n) is 7.09. The van der Waals surface area contributed by atoms with Gasteiger partial charge in [0, 0.05) is 56.6 Å². The first-order valence-corrected chi connectivity index (χ1v) is 8.59. The van der Waals surface area contributed by atoms with E-state index in [-0.39, 0.29) is 5.54 Å². The lowest BCUT2D eigenvalue weighted by Gasteiger charge is -2.41. The molecule has 0 aromatic carbocycles. The molecule has 2 aliphatic heterocycles. The van der Waals surface area contributed by atoms with Crippen LogP contribution >= 0.6 is 0 Å². The van der Waals surface area contributed by atoms with Gasteiger partial charge in [-0.15, -0.1) is 0 Å². The maximum absolute atomic E-state index is 5.46. The van der Waals surface area contributed by atoms with Crippen LogP contribution in [0.25, 0.3) is 0 Å². The van der Waals surface area contributed by atoms with E-state index in [1.807, 2.05) is 18.5 Å². The Morgan fingerprint density at radius 2 is 2.22 bits per heavy atom. The number of nitrogens with one attached hydrogen (secondary N) is 3. The summed E-state index contributed by atoms with van der Waals surface area (Å²) in [7, 11) is 0. The van der Waals surface area contributed by atoms with E-state index in [4.69, 9.17) is 4.74 Å². The molecule has 2 aliphatic rings. The molecule has 2 atom stereocenters. The van der Waals surface area contributed by atoms with Crippen molar-refractivity contribution < 1.29 is 4.74 Å². The Hall–Kier alpha value is -1.05. The van der Waals surface area contributed by atoms with E-state index < -0.39 is 0 Å². The van der Waals surface area contributed by atoms with Crippen LogP contribution < -0.4 is 16.2 Å². The van der Waals surface area contributed by atoms with Crippen molar-refractivity contribution in [3.63, 3.8) is 0 Å². The fraction of sp³-hybridized carbons (Fsp3) is 0.706. The largest absolute Gasteiger partial charge is 0.379 e. The van der Waals surface area contributed by atoms with Crippen LogP contribution in [0.3, 0.4) is 0 Å². The van der Waals surface area contributed by atoms with E-state index >= 15 is 0 Å². The highest BCUT2D eigenvalue weighted by atomic mass is 16.5. The summed E-state index contributed by atoms with van der Waals surface area (Å²) >= 11 is 0. The highest BCUT2D eigenvalue weighted by molar-refractivity contribution is 5.16. The molecule has 0 amide bonds. The van der Waals surface area contributed by atoms with Crippen LogP contribution in [-0.2, 0) is 4.74 Å². The zero-order chi connectivity index (χ0) is 16.1. The first-order chi connectivity index (χ1) is 11.2. The summed E-state index contributed by atoms with van der Waals surface area (Å²) in [6.07, 6.45) is 3.78. The van der Waals surface area contributed by atoms with E-state index in [1.165, 1.54) is 5.56 Å². The third-order valence-corrected chi connectivity index (χ3v) is 4.97. The average molecular weight is 319 g/mol. The van der Waals surface area contributed by atoms with E-state index in [0.717, 1.165) is 45.9 Å². The lowest BCUT2D eigenvalue weighted by atomic mass is 9.95. The molecule has 6 heteroatoms. The number of pyridine rings is 1. The molecule has 0 aliphatic carbocycles. The van der Waals surface area contributed by atoms with Crippen LogP contribution in [0, 0.1) is 5.92 Å². The molecule has 23 heavy (non-hydrogen) atoms. The molecule has 0 radical (unpaired) electrons. The first-order valence-electron chi connectivity index (χ1n) is 8.59. The minimum absolute atomic E-state index is 0.160. The number of rotatable bonds is 6. The van der Waals surface area contributed by atoms with Crippen molar-refractivity contribution in [1.82, 2.24) is 26.1 Å². The average Bonchev–Trinajstić information content (AvgIpc) is 3.05. The Morgan fingerprint density at radius 1 is 1.39 bits per heavy atom. The minimum Gasteiger partial charge on any atom is -0.379 e. The van der Waals surface area contributed by atoms with Crippen molar-refractivity contribution in [2.45, 2.75) is 25.4 Å². The summed E-state index contributed by atoms with van der Waals surface area (Å²) in [5, 5.41) is 3.68. The zero-order valence-electron chi connectivity index (χ0n) is 14.2. The third-order valence-electron chi connectivity index (χ3n) is 4.97. The highest BCUT2D eigenvalue weighted by Gasteiger charge is 2.31. The lowest BCUT2D eigenvalue weighted by Crippen LogP contribution is -2.55. The van der Waals surface area contributed by atoms with Gasteiger partial charge in [0.1, 0.15) is 0 Å². The van der Waals surface area contributed by atoms with Gasteiger partial charge in [-0.25, -0.2) is 5.43 Å². The summed E-state index contributed by atoms with van der Waals surface area (Å²) in [5.74, 6) is 0.527. The topological polar surface area (TPSA) is 61.5 Å². The summed E-state index contributed by atoms with van der Waals surface area (Å²) in [6, 6.07) is 4.46. The molecule has 3 heterocycles. The maximum atomic E-state index is 5.46. The summed E-state index contributed by atoms with van der Waals surface area (Å²) in [4.78, 5) is 6.76.